The Balaban J connectivity index is 1.76. The van der Waals surface area contributed by atoms with Gasteiger partial charge in [0, 0.05) is 12.6 Å². The number of carbonyl (C=O) groups excluding carboxylic acids is 3. The van der Waals surface area contributed by atoms with E-state index in [0.29, 0.717) is 17.8 Å². The molecule has 0 spiro atoms. The average Bonchev–Trinajstić information content (AvgIpc) is 3.45. The lowest BCUT2D eigenvalue weighted by atomic mass is 10.1. The molecule has 0 bridgehead atoms. The molecule has 1 aliphatic carbocycles. The van der Waals surface area contributed by atoms with Crippen LogP contribution in [0.1, 0.15) is 68.6 Å². The van der Waals surface area contributed by atoms with Crippen LogP contribution in [0, 0.1) is 0 Å². The van der Waals surface area contributed by atoms with Crippen molar-refractivity contribution in [2.75, 3.05) is 11.9 Å². The van der Waals surface area contributed by atoms with Gasteiger partial charge in [-0.3, -0.25) is 14.4 Å². The van der Waals surface area contributed by atoms with Crippen LogP contribution in [0.15, 0.2) is 24.3 Å². The predicted molar refractivity (Wildman–Crippen MR) is 102 cm³/mol. The van der Waals surface area contributed by atoms with Gasteiger partial charge in [-0.15, -0.1) is 0 Å². The van der Waals surface area contributed by atoms with Crippen molar-refractivity contribution < 1.29 is 14.4 Å². The minimum atomic E-state index is -0.748. The van der Waals surface area contributed by atoms with E-state index in [0.717, 1.165) is 32.1 Å². The first-order chi connectivity index (χ1) is 12.6. The molecule has 0 unspecified atom stereocenters. The quantitative estimate of drug-likeness (QED) is 0.443. The van der Waals surface area contributed by atoms with Crippen molar-refractivity contribution in [1.29, 1.82) is 0 Å². The van der Waals surface area contributed by atoms with Crippen molar-refractivity contribution in [3.63, 3.8) is 0 Å². The van der Waals surface area contributed by atoms with Crippen LogP contribution in [0.5, 0.6) is 0 Å². The Hall–Kier alpha value is -2.37. The second-order valence-electron chi connectivity index (χ2n) is 6.77. The second kappa shape index (κ2) is 10.6. The van der Waals surface area contributed by atoms with Crippen LogP contribution >= 0.6 is 0 Å². The van der Waals surface area contributed by atoms with Gasteiger partial charge in [0.05, 0.1) is 11.3 Å². The molecule has 1 aliphatic rings. The van der Waals surface area contributed by atoms with Crippen molar-refractivity contribution in [1.82, 2.24) is 10.6 Å². The van der Waals surface area contributed by atoms with E-state index in [4.69, 9.17) is 0 Å². The van der Waals surface area contributed by atoms with E-state index < -0.39 is 11.8 Å². The Bertz CT molecular complexity index is 626. The SMILES string of the molecule is CCCCCCCCNC(=O)C(=O)Nc1ccccc1C(=O)NC1CC1. The molecule has 0 aliphatic heterocycles. The molecule has 3 N–H and O–H groups in total. The van der Waals surface area contributed by atoms with Gasteiger partial charge in [-0.1, -0.05) is 51.2 Å². The normalized spacial score (nSPS) is 13.1. The van der Waals surface area contributed by atoms with E-state index in [9.17, 15) is 14.4 Å². The summed E-state index contributed by atoms with van der Waals surface area (Å²) in [4.78, 5) is 36.2. The van der Waals surface area contributed by atoms with Crippen LogP contribution in [-0.4, -0.2) is 30.3 Å². The topological polar surface area (TPSA) is 87.3 Å². The number of anilines is 1. The van der Waals surface area contributed by atoms with Gasteiger partial charge < -0.3 is 16.0 Å². The van der Waals surface area contributed by atoms with Crippen LogP contribution in [0.2, 0.25) is 0 Å². The number of hydrogen-bond acceptors (Lipinski definition) is 3. The first kappa shape index (κ1) is 19.9. The molecule has 2 rings (SSSR count). The fourth-order valence-corrected chi connectivity index (χ4v) is 2.65. The van der Waals surface area contributed by atoms with Crippen molar-refractivity contribution in [2.24, 2.45) is 0 Å². The highest BCUT2D eigenvalue weighted by Gasteiger charge is 2.25. The first-order valence-corrected chi connectivity index (χ1v) is 9.61. The summed E-state index contributed by atoms with van der Waals surface area (Å²) < 4.78 is 0. The number of benzene rings is 1. The number of amides is 3. The third kappa shape index (κ3) is 6.86. The lowest BCUT2D eigenvalue weighted by Crippen LogP contribution is -2.36. The standard InChI is InChI=1S/C20H29N3O3/c1-2-3-4-5-6-9-14-21-19(25)20(26)23-17-11-8-7-10-16(17)18(24)22-15-12-13-15/h7-8,10-11,15H,2-6,9,12-14H2,1H3,(H,21,25)(H,22,24)(H,23,26). The number of para-hydroxylation sites is 1. The van der Waals surface area contributed by atoms with E-state index in [2.05, 4.69) is 22.9 Å². The largest absolute Gasteiger partial charge is 0.349 e. The molecule has 6 heteroatoms. The molecule has 0 saturated heterocycles. The zero-order valence-corrected chi connectivity index (χ0v) is 15.5. The van der Waals surface area contributed by atoms with Crippen LogP contribution in [0.25, 0.3) is 0 Å². The van der Waals surface area contributed by atoms with Gasteiger partial charge in [-0.25, -0.2) is 0 Å². The fraction of sp³-hybridized carbons (Fsp3) is 0.550. The molecule has 0 radical (unpaired) electrons. The third-order valence-corrected chi connectivity index (χ3v) is 4.35. The predicted octanol–water partition coefficient (Wildman–Crippen LogP) is 2.99. The molecular weight excluding hydrogens is 330 g/mol. The number of rotatable bonds is 10. The van der Waals surface area contributed by atoms with E-state index in [1.54, 1.807) is 24.3 Å². The Morgan fingerprint density at radius 2 is 1.65 bits per heavy atom. The van der Waals surface area contributed by atoms with Gasteiger partial charge in [0.15, 0.2) is 0 Å². The van der Waals surface area contributed by atoms with Gasteiger partial charge in [0.2, 0.25) is 0 Å². The number of unbranched alkanes of at least 4 members (excludes halogenated alkanes) is 5. The zero-order chi connectivity index (χ0) is 18.8. The number of nitrogens with one attached hydrogen (secondary N) is 3. The molecule has 142 valence electrons. The van der Waals surface area contributed by atoms with Crippen molar-refractivity contribution in [2.45, 2.75) is 64.3 Å². The Labute approximate surface area is 155 Å². The lowest BCUT2D eigenvalue weighted by Gasteiger charge is -2.11. The maximum Gasteiger partial charge on any atom is 0.313 e. The maximum atomic E-state index is 12.2. The maximum absolute atomic E-state index is 12.2. The van der Waals surface area contributed by atoms with E-state index in [1.165, 1.54) is 19.3 Å². The molecule has 0 heterocycles. The zero-order valence-electron chi connectivity index (χ0n) is 15.5. The molecule has 6 nitrogen and oxygen atoms in total. The van der Waals surface area contributed by atoms with Gasteiger partial charge >= 0.3 is 11.8 Å². The molecule has 0 atom stereocenters. The molecular formula is C20H29N3O3. The highest BCUT2D eigenvalue weighted by Crippen LogP contribution is 2.21. The summed E-state index contributed by atoms with van der Waals surface area (Å²) in [6, 6.07) is 6.95. The highest BCUT2D eigenvalue weighted by atomic mass is 16.2. The summed E-state index contributed by atoms with van der Waals surface area (Å²) in [6.45, 7) is 2.66. The summed E-state index contributed by atoms with van der Waals surface area (Å²) in [5, 5.41) is 8.06. The number of hydrogen-bond donors (Lipinski definition) is 3. The summed E-state index contributed by atoms with van der Waals surface area (Å²) >= 11 is 0. The van der Waals surface area contributed by atoms with Gasteiger partial charge in [0.1, 0.15) is 0 Å². The molecule has 3 amide bonds. The summed E-state index contributed by atoms with van der Waals surface area (Å²) in [6.07, 6.45) is 8.70. The van der Waals surface area contributed by atoms with E-state index in [1.807, 2.05) is 0 Å². The Morgan fingerprint density at radius 3 is 2.38 bits per heavy atom. The fourth-order valence-electron chi connectivity index (χ4n) is 2.65. The monoisotopic (exact) mass is 359 g/mol. The van der Waals surface area contributed by atoms with Crippen LogP contribution < -0.4 is 16.0 Å². The van der Waals surface area contributed by atoms with E-state index >= 15 is 0 Å². The summed E-state index contributed by atoms with van der Waals surface area (Å²) in [7, 11) is 0. The van der Waals surface area contributed by atoms with E-state index in [-0.39, 0.29) is 11.9 Å². The second-order valence-corrected chi connectivity index (χ2v) is 6.77. The summed E-state index contributed by atoms with van der Waals surface area (Å²) in [5.74, 6) is -1.64. The summed E-state index contributed by atoms with van der Waals surface area (Å²) in [5.41, 5.74) is 0.724. The lowest BCUT2D eigenvalue weighted by molar-refractivity contribution is -0.136. The van der Waals surface area contributed by atoms with Crippen molar-refractivity contribution >= 4 is 23.4 Å². The minimum absolute atomic E-state index is 0.226. The Kier molecular flexibility index (Phi) is 8.12. The highest BCUT2D eigenvalue weighted by molar-refractivity contribution is 6.40. The minimum Gasteiger partial charge on any atom is -0.349 e. The van der Waals surface area contributed by atoms with Crippen molar-refractivity contribution in [3.05, 3.63) is 29.8 Å². The molecule has 1 saturated carbocycles. The number of carbonyl (C=O) groups is 3. The van der Waals surface area contributed by atoms with Crippen LogP contribution in [-0.2, 0) is 9.59 Å². The smallest absolute Gasteiger partial charge is 0.313 e. The molecule has 0 aromatic heterocycles. The Morgan fingerprint density at radius 1 is 0.962 bits per heavy atom. The van der Waals surface area contributed by atoms with Gasteiger partial charge in [-0.05, 0) is 31.4 Å². The molecule has 26 heavy (non-hydrogen) atoms. The van der Waals surface area contributed by atoms with Crippen molar-refractivity contribution in [3.8, 4) is 0 Å². The molecule has 1 fully saturated rings. The molecule has 1 aromatic carbocycles. The van der Waals surface area contributed by atoms with Crippen LogP contribution in [0.4, 0.5) is 5.69 Å². The van der Waals surface area contributed by atoms with Gasteiger partial charge in [-0.2, -0.15) is 0 Å². The van der Waals surface area contributed by atoms with Crippen LogP contribution in [0.3, 0.4) is 0 Å². The average molecular weight is 359 g/mol. The third-order valence-electron chi connectivity index (χ3n) is 4.35. The van der Waals surface area contributed by atoms with Gasteiger partial charge in [0.25, 0.3) is 5.91 Å². The first-order valence-electron chi connectivity index (χ1n) is 9.61. The molecule has 1 aromatic rings.